The molecule has 1 aliphatic heterocycles. The SMILES string of the molecule is O=C(Cn1cc(Br)c(=O)[nH]c1=O)NC1CCOCC1. The molecule has 2 rings (SSSR count). The molecule has 1 aromatic rings. The van der Waals surface area contributed by atoms with Crippen molar-refractivity contribution in [3.8, 4) is 0 Å². The first-order valence-electron chi connectivity index (χ1n) is 5.92. The van der Waals surface area contributed by atoms with Gasteiger partial charge >= 0.3 is 5.69 Å². The molecule has 1 aromatic heterocycles. The monoisotopic (exact) mass is 331 g/mol. The van der Waals surface area contributed by atoms with Crippen molar-refractivity contribution in [1.82, 2.24) is 14.9 Å². The number of carbonyl (C=O) groups excluding carboxylic acids is 1. The fourth-order valence-corrected chi connectivity index (χ4v) is 2.22. The highest BCUT2D eigenvalue weighted by atomic mass is 79.9. The molecule has 2 N–H and O–H groups in total. The predicted octanol–water partition coefficient (Wildman–Crippen LogP) is -0.406. The Morgan fingerprint density at radius 1 is 1.47 bits per heavy atom. The van der Waals surface area contributed by atoms with E-state index in [1.807, 2.05) is 0 Å². The van der Waals surface area contributed by atoms with Crippen molar-refractivity contribution in [2.75, 3.05) is 13.2 Å². The maximum Gasteiger partial charge on any atom is 0.328 e. The molecule has 0 aliphatic carbocycles. The topological polar surface area (TPSA) is 93.2 Å². The van der Waals surface area contributed by atoms with Gasteiger partial charge in [-0.25, -0.2) is 4.79 Å². The van der Waals surface area contributed by atoms with E-state index < -0.39 is 11.2 Å². The zero-order valence-corrected chi connectivity index (χ0v) is 11.7. The van der Waals surface area contributed by atoms with Crippen LogP contribution in [0.1, 0.15) is 12.8 Å². The fourth-order valence-electron chi connectivity index (χ4n) is 1.87. The van der Waals surface area contributed by atoms with Crippen molar-refractivity contribution in [3.05, 3.63) is 31.5 Å². The van der Waals surface area contributed by atoms with Gasteiger partial charge in [-0.3, -0.25) is 19.1 Å². The molecule has 0 atom stereocenters. The third-order valence-electron chi connectivity index (χ3n) is 2.87. The summed E-state index contributed by atoms with van der Waals surface area (Å²) in [6.45, 7) is 1.15. The Kier molecular flexibility index (Phi) is 4.54. The Hall–Kier alpha value is -1.41. The van der Waals surface area contributed by atoms with Crippen molar-refractivity contribution >= 4 is 21.8 Å². The molecule has 2 heterocycles. The largest absolute Gasteiger partial charge is 0.381 e. The zero-order valence-electron chi connectivity index (χ0n) is 10.1. The van der Waals surface area contributed by atoms with Crippen LogP contribution in [0.15, 0.2) is 20.3 Å². The quantitative estimate of drug-likeness (QED) is 0.787. The van der Waals surface area contributed by atoms with Crippen molar-refractivity contribution in [1.29, 1.82) is 0 Å². The molecule has 0 unspecified atom stereocenters. The Morgan fingerprint density at radius 2 is 2.16 bits per heavy atom. The van der Waals surface area contributed by atoms with Crippen LogP contribution in [0.5, 0.6) is 0 Å². The average molecular weight is 332 g/mol. The third kappa shape index (κ3) is 3.77. The number of aromatic nitrogens is 2. The summed E-state index contributed by atoms with van der Waals surface area (Å²) in [6, 6.07) is 0.0863. The minimum absolute atomic E-state index is 0.0863. The van der Waals surface area contributed by atoms with E-state index in [1.165, 1.54) is 6.20 Å². The van der Waals surface area contributed by atoms with Crippen LogP contribution in [-0.4, -0.2) is 34.7 Å². The molecule has 1 aliphatic rings. The molecule has 8 heteroatoms. The van der Waals surface area contributed by atoms with Crippen LogP contribution in [0.2, 0.25) is 0 Å². The second kappa shape index (κ2) is 6.16. The van der Waals surface area contributed by atoms with E-state index in [9.17, 15) is 14.4 Å². The maximum absolute atomic E-state index is 11.8. The summed E-state index contributed by atoms with van der Waals surface area (Å²) in [7, 11) is 0. The lowest BCUT2D eigenvalue weighted by atomic mass is 10.1. The number of hydrogen-bond donors (Lipinski definition) is 2. The molecule has 0 radical (unpaired) electrons. The molecule has 19 heavy (non-hydrogen) atoms. The van der Waals surface area contributed by atoms with Gasteiger partial charge in [-0.15, -0.1) is 0 Å². The first-order chi connectivity index (χ1) is 9.06. The van der Waals surface area contributed by atoms with Crippen molar-refractivity contribution in [2.45, 2.75) is 25.4 Å². The highest BCUT2D eigenvalue weighted by Crippen LogP contribution is 2.06. The second-order valence-corrected chi connectivity index (χ2v) is 5.17. The van der Waals surface area contributed by atoms with Crippen molar-refractivity contribution in [2.24, 2.45) is 0 Å². The van der Waals surface area contributed by atoms with E-state index in [4.69, 9.17) is 4.74 Å². The molecule has 0 bridgehead atoms. The highest BCUT2D eigenvalue weighted by molar-refractivity contribution is 9.10. The standard InChI is InChI=1S/C11H14BrN3O4/c12-8-5-15(11(18)14-10(8)17)6-9(16)13-7-1-3-19-4-2-7/h5,7H,1-4,6H2,(H,13,16)(H,14,17,18). The Morgan fingerprint density at radius 3 is 2.84 bits per heavy atom. The number of halogens is 1. The van der Waals surface area contributed by atoms with Crippen LogP contribution in [0.4, 0.5) is 0 Å². The lowest BCUT2D eigenvalue weighted by Crippen LogP contribution is -2.42. The summed E-state index contributed by atoms with van der Waals surface area (Å²) in [5.41, 5.74) is -1.11. The van der Waals surface area contributed by atoms with E-state index in [0.717, 1.165) is 17.4 Å². The van der Waals surface area contributed by atoms with Crippen LogP contribution in [0, 0.1) is 0 Å². The van der Waals surface area contributed by atoms with Crippen molar-refractivity contribution < 1.29 is 9.53 Å². The van der Waals surface area contributed by atoms with Gasteiger partial charge in [0, 0.05) is 25.5 Å². The number of H-pyrrole nitrogens is 1. The number of ether oxygens (including phenoxy) is 1. The molecular weight excluding hydrogens is 318 g/mol. The minimum Gasteiger partial charge on any atom is -0.381 e. The van der Waals surface area contributed by atoms with Gasteiger partial charge in [0.15, 0.2) is 0 Å². The van der Waals surface area contributed by atoms with Gasteiger partial charge in [-0.2, -0.15) is 0 Å². The van der Waals surface area contributed by atoms with Gasteiger partial charge < -0.3 is 10.1 Å². The fraction of sp³-hybridized carbons (Fsp3) is 0.545. The van der Waals surface area contributed by atoms with Crippen LogP contribution < -0.4 is 16.6 Å². The molecule has 104 valence electrons. The molecule has 0 aromatic carbocycles. The van der Waals surface area contributed by atoms with Crippen LogP contribution in [-0.2, 0) is 16.1 Å². The van der Waals surface area contributed by atoms with E-state index in [2.05, 4.69) is 26.2 Å². The second-order valence-electron chi connectivity index (χ2n) is 4.32. The molecule has 1 amide bonds. The molecule has 1 fully saturated rings. The number of nitrogens with one attached hydrogen (secondary N) is 2. The summed E-state index contributed by atoms with van der Waals surface area (Å²) in [6.07, 6.45) is 2.86. The van der Waals surface area contributed by atoms with E-state index in [-0.39, 0.29) is 23.0 Å². The number of carbonyl (C=O) groups is 1. The van der Waals surface area contributed by atoms with E-state index in [0.29, 0.717) is 13.2 Å². The third-order valence-corrected chi connectivity index (χ3v) is 3.43. The first kappa shape index (κ1) is 14.0. The predicted molar refractivity (Wildman–Crippen MR) is 71.0 cm³/mol. The van der Waals surface area contributed by atoms with E-state index >= 15 is 0 Å². The van der Waals surface area contributed by atoms with Gasteiger partial charge in [0.1, 0.15) is 6.54 Å². The minimum atomic E-state index is -0.602. The van der Waals surface area contributed by atoms with Crippen LogP contribution in [0.3, 0.4) is 0 Å². The molecule has 7 nitrogen and oxygen atoms in total. The lowest BCUT2D eigenvalue weighted by Gasteiger charge is -2.23. The summed E-state index contributed by atoms with van der Waals surface area (Å²) in [4.78, 5) is 36.6. The van der Waals surface area contributed by atoms with Gasteiger partial charge in [-0.1, -0.05) is 0 Å². The van der Waals surface area contributed by atoms with E-state index in [1.54, 1.807) is 0 Å². The summed E-state index contributed by atoms with van der Waals surface area (Å²) >= 11 is 3.02. The summed E-state index contributed by atoms with van der Waals surface area (Å²) < 4.78 is 6.56. The number of rotatable bonds is 3. The molecule has 0 spiro atoms. The summed E-state index contributed by atoms with van der Waals surface area (Å²) in [5.74, 6) is -0.257. The molecule has 0 saturated carbocycles. The van der Waals surface area contributed by atoms with Gasteiger partial charge in [-0.05, 0) is 28.8 Å². The Labute approximate surface area is 117 Å². The van der Waals surface area contributed by atoms with Crippen LogP contribution >= 0.6 is 15.9 Å². The maximum atomic E-state index is 11.8. The number of hydrogen-bond acceptors (Lipinski definition) is 4. The van der Waals surface area contributed by atoms with Gasteiger partial charge in [0.2, 0.25) is 5.91 Å². The van der Waals surface area contributed by atoms with Gasteiger partial charge in [0.25, 0.3) is 5.56 Å². The average Bonchev–Trinajstić information content (AvgIpc) is 2.37. The number of nitrogens with zero attached hydrogens (tertiary/aromatic N) is 1. The normalized spacial score (nSPS) is 16.3. The highest BCUT2D eigenvalue weighted by Gasteiger charge is 2.16. The first-order valence-corrected chi connectivity index (χ1v) is 6.72. The molecule has 1 saturated heterocycles. The van der Waals surface area contributed by atoms with Crippen LogP contribution in [0.25, 0.3) is 0 Å². The number of aromatic amines is 1. The van der Waals surface area contributed by atoms with Crippen molar-refractivity contribution in [3.63, 3.8) is 0 Å². The zero-order chi connectivity index (χ0) is 13.8. The Balaban J connectivity index is 2.00. The number of amides is 1. The molecular formula is C11H14BrN3O4. The summed E-state index contributed by atoms with van der Waals surface area (Å²) in [5, 5.41) is 2.84. The smallest absolute Gasteiger partial charge is 0.328 e. The van der Waals surface area contributed by atoms with Gasteiger partial charge in [0.05, 0.1) is 4.47 Å². The lowest BCUT2D eigenvalue weighted by molar-refractivity contribution is -0.123. The Bertz CT molecular complexity index is 574.